The van der Waals surface area contributed by atoms with Crippen LogP contribution in [0.3, 0.4) is 0 Å². The van der Waals surface area contributed by atoms with Crippen LogP contribution in [-0.4, -0.2) is 37.0 Å². The Hall–Kier alpha value is -0.610. The van der Waals surface area contributed by atoms with Crippen molar-refractivity contribution in [2.75, 3.05) is 13.7 Å². The average Bonchev–Trinajstić information content (AvgIpc) is 2.60. The number of epoxide rings is 1. The first-order chi connectivity index (χ1) is 6.95. The van der Waals surface area contributed by atoms with E-state index in [9.17, 15) is 4.79 Å². The summed E-state index contributed by atoms with van der Waals surface area (Å²) in [5.41, 5.74) is -1.21. The van der Waals surface area contributed by atoms with Crippen molar-refractivity contribution >= 4 is 5.97 Å². The third-order valence-corrected chi connectivity index (χ3v) is 3.61. The van der Waals surface area contributed by atoms with Crippen LogP contribution in [0.15, 0.2) is 0 Å². The Morgan fingerprint density at radius 3 is 2.67 bits per heavy atom. The van der Waals surface area contributed by atoms with Gasteiger partial charge in [0.15, 0.2) is 5.60 Å². The lowest BCUT2D eigenvalue weighted by Crippen LogP contribution is -2.33. The summed E-state index contributed by atoms with van der Waals surface area (Å²) >= 11 is 0. The summed E-state index contributed by atoms with van der Waals surface area (Å²) in [5, 5.41) is 0. The minimum Gasteiger partial charge on any atom is -0.467 e. The summed E-state index contributed by atoms with van der Waals surface area (Å²) in [7, 11) is 1.39. The van der Waals surface area contributed by atoms with E-state index in [1.807, 2.05) is 0 Å². The lowest BCUT2D eigenvalue weighted by molar-refractivity contribution is -0.146. The Morgan fingerprint density at radius 1 is 1.53 bits per heavy atom. The molecule has 2 aliphatic heterocycles. The minimum absolute atomic E-state index is 0.191. The number of rotatable bonds is 2. The van der Waals surface area contributed by atoms with E-state index >= 15 is 0 Å². The van der Waals surface area contributed by atoms with Gasteiger partial charge in [-0.25, -0.2) is 4.79 Å². The zero-order chi connectivity index (χ0) is 11.3. The standard InChI is InChI=1S/C11H18O4/c1-7(2)8-5-11(6-14-8)10(3,15-11)9(12)13-4/h7-8H,5-6H2,1-4H3. The van der Waals surface area contributed by atoms with Crippen molar-refractivity contribution in [2.24, 2.45) is 5.92 Å². The molecule has 86 valence electrons. The molecular formula is C11H18O4. The highest BCUT2D eigenvalue weighted by Gasteiger charge is 2.75. The van der Waals surface area contributed by atoms with E-state index in [0.717, 1.165) is 6.42 Å². The fraction of sp³-hybridized carbons (Fsp3) is 0.909. The third kappa shape index (κ3) is 1.39. The highest BCUT2D eigenvalue weighted by atomic mass is 16.7. The maximum absolute atomic E-state index is 11.5. The molecule has 0 bridgehead atoms. The fourth-order valence-corrected chi connectivity index (χ4v) is 2.30. The van der Waals surface area contributed by atoms with Crippen molar-refractivity contribution in [3.63, 3.8) is 0 Å². The Kier molecular flexibility index (Phi) is 2.32. The van der Waals surface area contributed by atoms with Gasteiger partial charge in [0.25, 0.3) is 0 Å². The van der Waals surface area contributed by atoms with Gasteiger partial charge < -0.3 is 14.2 Å². The van der Waals surface area contributed by atoms with Gasteiger partial charge >= 0.3 is 5.97 Å². The number of carbonyl (C=O) groups is 1. The first-order valence-electron chi connectivity index (χ1n) is 5.35. The van der Waals surface area contributed by atoms with E-state index in [2.05, 4.69) is 13.8 Å². The van der Waals surface area contributed by atoms with E-state index in [4.69, 9.17) is 14.2 Å². The smallest absolute Gasteiger partial charge is 0.341 e. The maximum Gasteiger partial charge on any atom is 0.341 e. The van der Waals surface area contributed by atoms with Crippen LogP contribution in [0.25, 0.3) is 0 Å². The van der Waals surface area contributed by atoms with Gasteiger partial charge in [-0.2, -0.15) is 0 Å². The molecule has 1 spiro atoms. The van der Waals surface area contributed by atoms with Crippen molar-refractivity contribution in [3.8, 4) is 0 Å². The predicted octanol–water partition coefficient (Wildman–Crippen LogP) is 1.13. The summed E-state index contributed by atoms with van der Waals surface area (Å²) in [5.74, 6) is 0.158. The van der Waals surface area contributed by atoms with Crippen molar-refractivity contribution in [3.05, 3.63) is 0 Å². The number of methoxy groups -OCH3 is 1. The number of hydrogen-bond donors (Lipinski definition) is 0. The molecule has 0 aromatic rings. The van der Waals surface area contributed by atoms with Crippen LogP contribution in [0.4, 0.5) is 0 Å². The van der Waals surface area contributed by atoms with Gasteiger partial charge in [-0.1, -0.05) is 13.8 Å². The quantitative estimate of drug-likeness (QED) is 0.510. The van der Waals surface area contributed by atoms with E-state index in [1.54, 1.807) is 6.92 Å². The molecule has 0 amide bonds. The highest BCUT2D eigenvalue weighted by Crippen LogP contribution is 2.55. The van der Waals surface area contributed by atoms with Crippen molar-refractivity contribution in [1.29, 1.82) is 0 Å². The molecular weight excluding hydrogens is 196 g/mol. The van der Waals surface area contributed by atoms with Gasteiger partial charge in [0.1, 0.15) is 5.60 Å². The van der Waals surface area contributed by atoms with Crippen LogP contribution in [0.2, 0.25) is 0 Å². The molecule has 2 fully saturated rings. The lowest BCUT2D eigenvalue weighted by Gasteiger charge is -2.12. The SMILES string of the molecule is COC(=O)C1(C)OC12COC(C(C)C)C2. The molecule has 2 heterocycles. The monoisotopic (exact) mass is 214 g/mol. The van der Waals surface area contributed by atoms with E-state index in [0.29, 0.717) is 12.5 Å². The van der Waals surface area contributed by atoms with Gasteiger partial charge in [-0.15, -0.1) is 0 Å². The van der Waals surface area contributed by atoms with Crippen LogP contribution < -0.4 is 0 Å². The molecule has 15 heavy (non-hydrogen) atoms. The first-order valence-corrected chi connectivity index (χ1v) is 5.35. The maximum atomic E-state index is 11.5. The second-order valence-electron chi connectivity index (χ2n) is 4.92. The molecule has 2 aliphatic rings. The Bertz CT molecular complexity index is 288. The second-order valence-corrected chi connectivity index (χ2v) is 4.92. The number of ether oxygens (including phenoxy) is 3. The van der Waals surface area contributed by atoms with Crippen molar-refractivity contribution < 1.29 is 19.0 Å². The zero-order valence-electron chi connectivity index (χ0n) is 9.70. The summed E-state index contributed by atoms with van der Waals surface area (Å²) in [6.45, 7) is 6.51. The van der Waals surface area contributed by atoms with Crippen molar-refractivity contribution in [1.82, 2.24) is 0 Å². The van der Waals surface area contributed by atoms with Crippen molar-refractivity contribution in [2.45, 2.75) is 44.5 Å². The Labute approximate surface area is 89.9 Å². The molecule has 3 unspecified atom stereocenters. The van der Waals surface area contributed by atoms with Crippen LogP contribution >= 0.6 is 0 Å². The second kappa shape index (κ2) is 3.19. The summed E-state index contributed by atoms with van der Waals surface area (Å²) in [6, 6.07) is 0. The van der Waals surface area contributed by atoms with Gasteiger partial charge in [-0.3, -0.25) is 0 Å². The Morgan fingerprint density at radius 2 is 2.20 bits per heavy atom. The molecule has 0 N–H and O–H groups in total. The first kappa shape index (κ1) is 10.9. The van der Waals surface area contributed by atoms with Crippen LogP contribution in [0.1, 0.15) is 27.2 Å². The lowest BCUT2D eigenvalue weighted by atomic mass is 9.89. The van der Waals surface area contributed by atoms with Gasteiger partial charge in [-0.05, 0) is 12.8 Å². The van der Waals surface area contributed by atoms with Gasteiger partial charge in [0.2, 0.25) is 0 Å². The molecule has 4 nitrogen and oxygen atoms in total. The molecule has 0 radical (unpaired) electrons. The fourth-order valence-electron chi connectivity index (χ4n) is 2.30. The highest BCUT2D eigenvalue weighted by molar-refractivity contribution is 5.84. The number of carbonyl (C=O) groups excluding carboxylic acids is 1. The average molecular weight is 214 g/mol. The zero-order valence-corrected chi connectivity index (χ0v) is 9.70. The summed E-state index contributed by atoms with van der Waals surface area (Å²) in [6.07, 6.45) is 0.979. The molecule has 2 saturated heterocycles. The van der Waals surface area contributed by atoms with E-state index in [1.165, 1.54) is 7.11 Å². The van der Waals surface area contributed by atoms with Crippen LogP contribution in [0.5, 0.6) is 0 Å². The topological polar surface area (TPSA) is 48.1 Å². The summed E-state index contributed by atoms with van der Waals surface area (Å²) < 4.78 is 16.0. The predicted molar refractivity (Wildman–Crippen MR) is 53.4 cm³/mol. The summed E-state index contributed by atoms with van der Waals surface area (Å²) in [4.78, 5) is 11.5. The Balaban J connectivity index is 2.06. The molecule has 0 aliphatic carbocycles. The van der Waals surface area contributed by atoms with Gasteiger partial charge in [0.05, 0.1) is 19.8 Å². The molecule has 4 heteroatoms. The van der Waals surface area contributed by atoms with Crippen LogP contribution in [-0.2, 0) is 19.0 Å². The molecule has 2 rings (SSSR count). The minimum atomic E-state index is -0.786. The number of esters is 1. The molecule has 0 saturated carbocycles. The molecule has 0 aromatic carbocycles. The van der Waals surface area contributed by atoms with E-state index < -0.39 is 11.2 Å². The number of hydrogen-bond acceptors (Lipinski definition) is 4. The van der Waals surface area contributed by atoms with Gasteiger partial charge in [0, 0.05) is 6.42 Å². The largest absolute Gasteiger partial charge is 0.467 e. The normalized spacial score (nSPS) is 43.7. The van der Waals surface area contributed by atoms with E-state index in [-0.39, 0.29) is 12.1 Å². The third-order valence-electron chi connectivity index (χ3n) is 3.61. The van der Waals surface area contributed by atoms with Crippen LogP contribution in [0, 0.1) is 5.92 Å². The molecule has 0 aromatic heterocycles. The molecule has 3 atom stereocenters.